The molecule has 0 spiro atoms. The lowest BCUT2D eigenvalue weighted by molar-refractivity contribution is -0.206. The van der Waals surface area contributed by atoms with Crippen molar-refractivity contribution in [1.29, 1.82) is 0 Å². The van der Waals surface area contributed by atoms with Crippen LogP contribution in [0.2, 0.25) is 0 Å². The second-order valence-corrected chi connectivity index (χ2v) is 6.24. The average molecular weight is 294 g/mol. The lowest BCUT2D eigenvalue weighted by Gasteiger charge is -2.13. The average Bonchev–Trinajstić information content (AvgIpc) is 2.50. The van der Waals surface area contributed by atoms with Crippen LogP contribution in [0.5, 0.6) is 5.75 Å². The summed E-state index contributed by atoms with van der Waals surface area (Å²) in [5, 5.41) is 4.53. The van der Waals surface area contributed by atoms with Gasteiger partial charge < -0.3 is 4.89 Å². The summed E-state index contributed by atoms with van der Waals surface area (Å²) in [6.45, 7) is 7.06. The van der Waals surface area contributed by atoms with E-state index in [1.54, 1.807) is 0 Å². The van der Waals surface area contributed by atoms with Crippen molar-refractivity contribution in [1.82, 2.24) is 0 Å². The van der Waals surface area contributed by atoms with Crippen LogP contribution in [0.4, 0.5) is 0 Å². The third-order valence-corrected chi connectivity index (χ3v) is 3.89. The zero-order chi connectivity index (χ0) is 15.5. The molecular formula is C20H22O2. The molecule has 22 heavy (non-hydrogen) atoms. The third-order valence-electron chi connectivity index (χ3n) is 3.89. The van der Waals surface area contributed by atoms with Gasteiger partial charge in [0.25, 0.3) is 0 Å². The zero-order valence-corrected chi connectivity index (χ0v) is 13.4. The van der Waals surface area contributed by atoms with Gasteiger partial charge in [-0.3, -0.25) is 0 Å². The van der Waals surface area contributed by atoms with E-state index in [1.807, 2.05) is 12.1 Å². The predicted molar refractivity (Wildman–Crippen MR) is 92.2 cm³/mol. The molecule has 0 aliphatic carbocycles. The molecule has 2 heteroatoms. The summed E-state index contributed by atoms with van der Waals surface area (Å²) in [7, 11) is 0. The van der Waals surface area contributed by atoms with Gasteiger partial charge in [0.1, 0.15) is 0 Å². The standard InChI is InChI=1S/C20H22O2/c1-14(2)10-11-21-22-20-18-7-5-4-6-16(18)13-17-9-8-15(3)12-19(17)20/h4-9,12-14H,10-11H2,1-3H3. The molecule has 0 fully saturated rings. The van der Waals surface area contributed by atoms with Crippen molar-refractivity contribution in [3.05, 3.63) is 54.1 Å². The maximum Gasteiger partial charge on any atom is 0.181 e. The number of rotatable bonds is 5. The van der Waals surface area contributed by atoms with Crippen LogP contribution in [0.15, 0.2) is 48.5 Å². The third kappa shape index (κ3) is 3.07. The Morgan fingerprint density at radius 1 is 0.909 bits per heavy atom. The molecule has 2 nitrogen and oxygen atoms in total. The van der Waals surface area contributed by atoms with Gasteiger partial charge in [-0.05, 0) is 42.2 Å². The van der Waals surface area contributed by atoms with Crippen LogP contribution in [0, 0.1) is 12.8 Å². The van der Waals surface area contributed by atoms with E-state index in [2.05, 4.69) is 57.2 Å². The van der Waals surface area contributed by atoms with Crippen LogP contribution < -0.4 is 4.89 Å². The fourth-order valence-corrected chi connectivity index (χ4v) is 2.61. The lowest BCUT2D eigenvalue weighted by atomic mass is 10.0. The van der Waals surface area contributed by atoms with Gasteiger partial charge in [0, 0.05) is 10.8 Å². The second-order valence-electron chi connectivity index (χ2n) is 6.24. The van der Waals surface area contributed by atoms with E-state index in [0.717, 1.165) is 22.9 Å². The fraction of sp³-hybridized carbons (Fsp3) is 0.300. The van der Waals surface area contributed by atoms with Gasteiger partial charge in [0.05, 0.1) is 6.61 Å². The molecule has 114 valence electrons. The molecule has 3 aromatic rings. The van der Waals surface area contributed by atoms with Crippen molar-refractivity contribution < 1.29 is 9.78 Å². The zero-order valence-electron chi connectivity index (χ0n) is 13.4. The molecule has 0 unspecified atom stereocenters. The molecule has 0 heterocycles. The lowest BCUT2D eigenvalue weighted by Crippen LogP contribution is -2.03. The number of fused-ring (bicyclic) bond motifs is 2. The Hall–Kier alpha value is -2.06. The Bertz CT molecular complexity index is 790. The highest BCUT2D eigenvalue weighted by molar-refractivity contribution is 6.05. The Labute approximate surface area is 131 Å². The Morgan fingerprint density at radius 2 is 1.68 bits per heavy atom. The fourth-order valence-electron chi connectivity index (χ4n) is 2.61. The van der Waals surface area contributed by atoms with Crippen molar-refractivity contribution in [2.75, 3.05) is 6.61 Å². The van der Waals surface area contributed by atoms with E-state index >= 15 is 0 Å². The molecule has 0 aliphatic heterocycles. The van der Waals surface area contributed by atoms with E-state index in [9.17, 15) is 0 Å². The normalized spacial score (nSPS) is 11.5. The second kappa shape index (κ2) is 6.37. The predicted octanol–water partition coefficient (Wildman–Crippen LogP) is 5.66. The minimum atomic E-state index is 0.605. The summed E-state index contributed by atoms with van der Waals surface area (Å²) >= 11 is 0. The minimum Gasteiger partial charge on any atom is -0.336 e. The number of hydrogen-bond donors (Lipinski definition) is 0. The highest BCUT2D eigenvalue weighted by atomic mass is 17.2. The molecule has 0 saturated heterocycles. The van der Waals surface area contributed by atoms with E-state index < -0.39 is 0 Å². The molecule has 0 saturated carbocycles. The molecule has 0 atom stereocenters. The first-order valence-corrected chi connectivity index (χ1v) is 7.87. The molecule has 0 aliphatic rings. The van der Waals surface area contributed by atoms with Gasteiger partial charge in [-0.15, -0.1) is 0 Å². The maximum absolute atomic E-state index is 5.74. The number of benzene rings is 3. The number of aryl methyl sites for hydroxylation is 1. The summed E-state index contributed by atoms with van der Waals surface area (Å²) < 4.78 is 0. The van der Waals surface area contributed by atoms with E-state index in [4.69, 9.17) is 9.78 Å². The smallest absolute Gasteiger partial charge is 0.181 e. The van der Waals surface area contributed by atoms with E-state index in [0.29, 0.717) is 12.5 Å². The SMILES string of the molecule is Cc1ccc2cc3ccccc3c(OOCCC(C)C)c2c1. The first kappa shape index (κ1) is 14.9. The summed E-state index contributed by atoms with van der Waals surface area (Å²) in [4.78, 5) is 11.2. The van der Waals surface area contributed by atoms with Crippen LogP contribution >= 0.6 is 0 Å². The Kier molecular flexibility index (Phi) is 4.30. The molecular weight excluding hydrogens is 272 g/mol. The van der Waals surface area contributed by atoms with Gasteiger partial charge in [-0.1, -0.05) is 55.8 Å². The van der Waals surface area contributed by atoms with Crippen LogP contribution in [0.1, 0.15) is 25.8 Å². The summed E-state index contributed by atoms with van der Waals surface area (Å²) in [6, 6.07) is 16.9. The minimum absolute atomic E-state index is 0.605. The van der Waals surface area contributed by atoms with Crippen molar-refractivity contribution in [2.45, 2.75) is 27.2 Å². The topological polar surface area (TPSA) is 18.5 Å². The van der Waals surface area contributed by atoms with Gasteiger partial charge in [0.15, 0.2) is 5.75 Å². The monoisotopic (exact) mass is 294 g/mol. The van der Waals surface area contributed by atoms with Crippen molar-refractivity contribution >= 4 is 21.5 Å². The quantitative estimate of drug-likeness (QED) is 0.262. The molecule has 0 bridgehead atoms. The molecule has 3 rings (SSSR count). The van der Waals surface area contributed by atoms with Crippen LogP contribution in [-0.4, -0.2) is 6.61 Å². The summed E-state index contributed by atoms with van der Waals surface area (Å²) in [5.74, 6) is 1.43. The van der Waals surface area contributed by atoms with Crippen LogP contribution in [-0.2, 0) is 4.89 Å². The first-order valence-electron chi connectivity index (χ1n) is 7.87. The van der Waals surface area contributed by atoms with Crippen molar-refractivity contribution in [3.8, 4) is 5.75 Å². The Balaban J connectivity index is 2.04. The van der Waals surface area contributed by atoms with Crippen molar-refractivity contribution in [2.24, 2.45) is 5.92 Å². The molecule has 0 aromatic heterocycles. The molecule has 0 amide bonds. The van der Waals surface area contributed by atoms with Crippen molar-refractivity contribution in [3.63, 3.8) is 0 Å². The number of hydrogen-bond acceptors (Lipinski definition) is 2. The van der Waals surface area contributed by atoms with Crippen LogP contribution in [0.25, 0.3) is 21.5 Å². The highest BCUT2D eigenvalue weighted by Gasteiger charge is 2.10. The summed E-state index contributed by atoms with van der Waals surface area (Å²) in [5.41, 5.74) is 1.22. The maximum atomic E-state index is 5.74. The van der Waals surface area contributed by atoms with Gasteiger partial charge >= 0.3 is 0 Å². The highest BCUT2D eigenvalue weighted by Crippen LogP contribution is 2.35. The van der Waals surface area contributed by atoms with E-state index in [1.165, 1.54) is 16.3 Å². The molecule has 0 radical (unpaired) electrons. The molecule has 0 N–H and O–H groups in total. The molecule has 3 aromatic carbocycles. The van der Waals surface area contributed by atoms with E-state index in [-0.39, 0.29) is 0 Å². The Morgan fingerprint density at radius 3 is 2.50 bits per heavy atom. The van der Waals surface area contributed by atoms with Gasteiger partial charge in [-0.2, -0.15) is 4.89 Å². The largest absolute Gasteiger partial charge is 0.336 e. The van der Waals surface area contributed by atoms with Gasteiger partial charge in [-0.25, -0.2) is 0 Å². The first-order chi connectivity index (χ1) is 10.6. The van der Waals surface area contributed by atoms with Crippen LogP contribution in [0.3, 0.4) is 0 Å². The summed E-state index contributed by atoms with van der Waals surface area (Å²) in [6.07, 6.45) is 0.988. The van der Waals surface area contributed by atoms with Gasteiger partial charge in [0.2, 0.25) is 0 Å².